The van der Waals surface area contributed by atoms with E-state index in [0.717, 1.165) is 48.9 Å². The van der Waals surface area contributed by atoms with Crippen LogP contribution in [0.25, 0.3) is 0 Å². The molecule has 2 aromatic carbocycles. The van der Waals surface area contributed by atoms with E-state index >= 15 is 0 Å². The molecule has 3 saturated heterocycles. The lowest BCUT2D eigenvalue weighted by molar-refractivity contribution is -0.178. The second kappa shape index (κ2) is 26.0. The van der Waals surface area contributed by atoms with E-state index in [0.29, 0.717) is 84.8 Å². The fourth-order valence-electron chi connectivity index (χ4n) is 7.58. The second-order valence-corrected chi connectivity index (χ2v) is 15.4. The number of urea groups is 1. The van der Waals surface area contributed by atoms with Crippen LogP contribution < -0.4 is 16.4 Å². The SMILES string of the molecule is Cl.Cl.NCc1ccc(CNC(=O)N2CCN(C(=O)O[C@@H]3CCO[C@H](COC(=O)N4CCC(C(=O)NCCCCCCn5ccnc5)CC4)[C@H]3OCc3ccccc3)CC2)cc1. The van der Waals surface area contributed by atoms with E-state index in [2.05, 4.69) is 20.2 Å². The van der Waals surface area contributed by atoms with Crippen LogP contribution in [-0.2, 0) is 50.0 Å². The molecule has 1 aromatic heterocycles. The zero-order valence-corrected chi connectivity index (χ0v) is 36.4. The van der Waals surface area contributed by atoms with Crippen molar-refractivity contribution in [1.29, 1.82) is 0 Å². The summed E-state index contributed by atoms with van der Waals surface area (Å²) in [5.41, 5.74) is 8.62. The van der Waals surface area contributed by atoms with Crippen LogP contribution in [-0.4, -0.2) is 126 Å². The highest BCUT2D eigenvalue weighted by molar-refractivity contribution is 5.85. The van der Waals surface area contributed by atoms with Crippen LogP contribution in [0.1, 0.15) is 61.6 Å². The third-order valence-corrected chi connectivity index (χ3v) is 11.2. The number of piperazine rings is 1. The molecule has 3 aliphatic rings. The Bertz CT molecular complexity index is 1740. The molecule has 0 aliphatic carbocycles. The van der Waals surface area contributed by atoms with Crippen LogP contribution in [0.2, 0.25) is 0 Å². The fourth-order valence-corrected chi connectivity index (χ4v) is 7.58. The van der Waals surface area contributed by atoms with Gasteiger partial charge < -0.3 is 54.6 Å². The van der Waals surface area contributed by atoms with Crippen molar-refractivity contribution in [3.63, 3.8) is 0 Å². The highest BCUT2D eigenvalue weighted by Crippen LogP contribution is 2.25. The van der Waals surface area contributed by atoms with Gasteiger partial charge in [-0.3, -0.25) is 4.79 Å². The number of rotatable bonds is 17. The van der Waals surface area contributed by atoms with E-state index in [1.807, 2.05) is 67.1 Å². The van der Waals surface area contributed by atoms with Gasteiger partial charge in [0, 0.05) is 90.2 Å². The molecule has 0 spiro atoms. The number of halogens is 2. The standard InChI is InChI=1S/C43H60N8O8.2ClH/c44-28-33-10-12-34(13-11-33)29-47-41(53)49-23-25-51(26-24-49)43(55)59-37-16-27-56-38(39(37)57-30-35-8-4-3-5-9-35)31-58-42(54)50-20-14-36(15-21-50)40(52)46-17-6-1-2-7-19-48-22-18-45-32-48;;/h3-5,8-13,18,22,32,36-39H,1-2,6-7,14-17,19-21,23-31,44H2,(H,46,52)(H,47,53);2*1H/t37-,38-,39+;;/m1../s1. The largest absolute Gasteiger partial charge is 0.447 e. The molecule has 0 bridgehead atoms. The summed E-state index contributed by atoms with van der Waals surface area (Å²) in [6, 6.07) is 17.3. The Morgan fingerprint density at radius 3 is 2.16 bits per heavy atom. The number of unbranched alkanes of at least 4 members (excludes halogenated alkanes) is 3. The first-order valence-corrected chi connectivity index (χ1v) is 21.0. The summed E-state index contributed by atoms with van der Waals surface area (Å²) in [7, 11) is 0. The minimum atomic E-state index is -0.696. The topological polar surface area (TPSA) is 183 Å². The first-order chi connectivity index (χ1) is 28.9. The number of hydrogen-bond donors (Lipinski definition) is 3. The molecule has 4 heterocycles. The lowest BCUT2D eigenvalue weighted by Crippen LogP contribution is -2.55. The van der Waals surface area contributed by atoms with Gasteiger partial charge in [0.15, 0.2) is 0 Å². The van der Waals surface area contributed by atoms with Crippen LogP contribution >= 0.6 is 24.8 Å². The summed E-state index contributed by atoms with van der Waals surface area (Å²) in [4.78, 5) is 61.4. The van der Waals surface area contributed by atoms with Crippen LogP contribution in [0.15, 0.2) is 73.3 Å². The zero-order valence-electron chi connectivity index (χ0n) is 34.8. The van der Waals surface area contributed by atoms with Crippen LogP contribution in [0.5, 0.6) is 0 Å². The molecule has 3 aliphatic heterocycles. The summed E-state index contributed by atoms with van der Waals surface area (Å²) in [5, 5.41) is 6.03. The van der Waals surface area contributed by atoms with E-state index in [-0.39, 0.29) is 55.9 Å². The smallest absolute Gasteiger partial charge is 0.410 e. The van der Waals surface area contributed by atoms with Crippen molar-refractivity contribution in [2.75, 3.05) is 59.0 Å². The molecule has 0 saturated carbocycles. The predicted molar refractivity (Wildman–Crippen MR) is 233 cm³/mol. The normalized spacial score (nSPS) is 19.2. The molecule has 0 radical (unpaired) electrons. The third kappa shape index (κ3) is 15.4. The van der Waals surface area contributed by atoms with Crippen molar-refractivity contribution in [3.05, 3.63) is 90.0 Å². The summed E-state index contributed by atoms with van der Waals surface area (Å²) >= 11 is 0. The predicted octanol–water partition coefficient (Wildman–Crippen LogP) is 5.12. The monoisotopic (exact) mass is 888 g/mol. The number of amides is 5. The number of hydrogen-bond acceptors (Lipinski definition) is 10. The molecule has 336 valence electrons. The number of carbonyl (C=O) groups is 4. The Morgan fingerprint density at radius 2 is 1.46 bits per heavy atom. The van der Waals surface area contributed by atoms with E-state index in [1.54, 1.807) is 20.9 Å². The number of aryl methyl sites for hydroxylation is 1. The van der Waals surface area contributed by atoms with Crippen LogP contribution in [0, 0.1) is 5.92 Å². The van der Waals surface area contributed by atoms with Gasteiger partial charge in [0.2, 0.25) is 5.91 Å². The van der Waals surface area contributed by atoms with Gasteiger partial charge >= 0.3 is 18.2 Å². The molecule has 0 unspecified atom stereocenters. The molecule has 18 heteroatoms. The van der Waals surface area contributed by atoms with Gasteiger partial charge in [-0.1, -0.05) is 67.4 Å². The zero-order chi connectivity index (χ0) is 41.2. The van der Waals surface area contributed by atoms with Crippen LogP contribution in [0.4, 0.5) is 14.4 Å². The van der Waals surface area contributed by atoms with Gasteiger partial charge in [0.1, 0.15) is 24.9 Å². The van der Waals surface area contributed by atoms with Crippen molar-refractivity contribution in [3.8, 4) is 0 Å². The summed E-state index contributed by atoms with van der Waals surface area (Å²) in [6.45, 7) is 5.14. The highest BCUT2D eigenvalue weighted by Gasteiger charge is 2.40. The molecule has 4 N–H and O–H groups in total. The first kappa shape index (κ1) is 49.0. The number of piperidine rings is 1. The molecule has 5 amide bonds. The number of ether oxygens (including phenoxy) is 4. The molecule has 3 fully saturated rings. The van der Waals surface area contributed by atoms with Crippen LogP contribution in [0.3, 0.4) is 0 Å². The molecular weight excluding hydrogens is 827 g/mol. The average molecular weight is 890 g/mol. The maximum absolute atomic E-state index is 13.5. The number of nitrogens with one attached hydrogen (secondary N) is 2. The molecular formula is C43H62Cl2N8O8. The van der Waals surface area contributed by atoms with Gasteiger partial charge in [0.25, 0.3) is 0 Å². The Balaban J connectivity index is 0.00000410. The fraction of sp³-hybridized carbons (Fsp3) is 0.558. The summed E-state index contributed by atoms with van der Waals surface area (Å²) in [6.07, 6.45) is 8.30. The van der Waals surface area contributed by atoms with Gasteiger partial charge in [0.05, 0.1) is 19.5 Å². The molecule has 16 nitrogen and oxygen atoms in total. The number of imidazole rings is 1. The Labute approximate surface area is 371 Å². The van der Waals surface area contributed by atoms with Gasteiger partial charge in [-0.05, 0) is 42.4 Å². The van der Waals surface area contributed by atoms with Crippen molar-refractivity contribution in [2.45, 2.75) is 89.5 Å². The lowest BCUT2D eigenvalue weighted by Gasteiger charge is -2.39. The maximum Gasteiger partial charge on any atom is 0.410 e. The van der Waals surface area contributed by atoms with Crippen molar-refractivity contribution < 1.29 is 38.1 Å². The van der Waals surface area contributed by atoms with Gasteiger partial charge in [-0.25, -0.2) is 19.4 Å². The lowest BCUT2D eigenvalue weighted by atomic mass is 9.96. The Hall–Kier alpha value is -4.61. The first-order valence-electron chi connectivity index (χ1n) is 21.0. The highest BCUT2D eigenvalue weighted by atomic mass is 35.5. The Morgan fingerprint density at radius 1 is 0.770 bits per heavy atom. The summed E-state index contributed by atoms with van der Waals surface area (Å²) < 4.78 is 26.3. The van der Waals surface area contributed by atoms with Crippen molar-refractivity contribution in [2.24, 2.45) is 11.7 Å². The maximum atomic E-state index is 13.5. The number of nitrogens with two attached hydrogens (primary N) is 1. The number of likely N-dealkylation sites (tertiary alicyclic amines) is 1. The van der Waals surface area contributed by atoms with Gasteiger partial charge in [-0.2, -0.15) is 0 Å². The average Bonchev–Trinajstić information content (AvgIpc) is 3.81. The van der Waals surface area contributed by atoms with Crippen molar-refractivity contribution in [1.82, 2.24) is 34.9 Å². The minimum Gasteiger partial charge on any atom is -0.447 e. The quantitative estimate of drug-likeness (QED) is 0.154. The van der Waals surface area contributed by atoms with E-state index in [4.69, 9.17) is 24.7 Å². The Kier molecular flexibility index (Phi) is 20.9. The molecule has 61 heavy (non-hydrogen) atoms. The number of aromatic nitrogens is 2. The number of carbonyl (C=O) groups excluding carboxylic acids is 4. The molecule has 6 rings (SSSR count). The van der Waals surface area contributed by atoms with E-state index in [1.165, 1.54) is 0 Å². The van der Waals surface area contributed by atoms with E-state index < -0.39 is 30.5 Å². The molecule has 3 atom stereocenters. The molecule has 3 aromatic rings. The summed E-state index contributed by atoms with van der Waals surface area (Å²) in [5.74, 6) is -0.0989. The van der Waals surface area contributed by atoms with Gasteiger partial charge in [-0.15, -0.1) is 24.8 Å². The minimum absolute atomic E-state index is 0. The van der Waals surface area contributed by atoms with E-state index in [9.17, 15) is 19.2 Å². The third-order valence-electron chi connectivity index (χ3n) is 11.2. The number of benzene rings is 2. The van der Waals surface area contributed by atoms with Crippen molar-refractivity contribution >= 4 is 48.9 Å². The second-order valence-electron chi connectivity index (χ2n) is 15.4. The number of nitrogens with zero attached hydrogens (tertiary/aromatic N) is 5.